The summed E-state index contributed by atoms with van der Waals surface area (Å²) in [4.78, 5) is 24.5. The van der Waals surface area contributed by atoms with Crippen LogP contribution in [0.3, 0.4) is 0 Å². The van der Waals surface area contributed by atoms with Crippen molar-refractivity contribution in [2.24, 2.45) is 0 Å². The molecule has 2 N–H and O–H groups in total. The Labute approximate surface area is 155 Å². The van der Waals surface area contributed by atoms with E-state index in [9.17, 15) is 14.7 Å². The summed E-state index contributed by atoms with van der Waals surface area (Å²) in [6, 6.07) is 10.6. The number of hydrogen-bond donors (Lipinski definition) is 2. The Hall–Kier alpha value is -2.93. The summed E-state index contributed by atoms with van der Waals surface area (Å²) in [6.07, 6.45) is 0. The number of β-lactam (4-membered cyclic amide) rings is 1. The van der Waals surface area contributed by atoms with Crippen LogP contribution in [0.25, 0.3) is 0 Å². The highest BCUT2D eigenvalue weighted by Gasteiger charge is 2.48. The highest BCUT2D eigenvalue weighted by atomic mass is 35.5. The third-order valence-corrected chi connectivity index (χ3v) is 4.57. The van der Waals surface area contributed by atoms with E-state index in [0.29, 0.717) is 17.1 Å². The van der Waals surface area contributed by atoms with Crippen LogP contribution in [0.2, 0.25) is 0 Å². The number of ether oxygens (including phenoxy) is 2. The number of amides is 2. The Balaban J connectivity index is 1.85. The lowest BCUT2D eigenvalue weighted by Crippen LogP contribution is -2.63. The van der Waals surface area contributed by atoms with E-state index in [4.69, 9.17) is 21.1 Å². The number of methoxy groups -OCH3 is 2. The zero-order valence-electron chi connectivity index (χ0n) is 14.1. The van der Waals surface area contributed by atoms with Gasteiger partial charge in [0.05, 0.1) is 19.8 Å². The second kappa shape index (κ2) is 7.13. The number of carbonyl (C=O) groups is 2. The van der Waals surface area contributed by atoms with Crippen LogP contribution >= 0.6 is 11.6 Å². The molecule has 1 saturated heterocycles. The molecule has 2 atom stereocenters. The summed E-state index contributed by atoms with van der Waals surface area (Å²) >= 11 is 6.16. The largest absolute Gasteiger partial charge is 0.507 e. The fourth-order valence-corrected chi connectivity index (χ4v) is 3.13. The molecule has 26 heavy (non-hydrogen) atoms. The van der Waals surface area contributed by atoms with Gasteiger partial charge in [0.25, 0.3) is 11.8 Å². The maximum atomic E-state index is 12.4. The van der Waals surface area contributed by atoms with Gasteiger partial charge in [-0.25, -0.2) is 5.01 Å². The van der Waals surface area contributed by atoms with E-state index >= 15 is 0 Å². The van der Waals surface area contributed by atoms with Gasteiger partial charge >= 0.3 is 0 Å². The summed E-state index contributed by atoms with van der Waals surface area (Å²) in [7, 11) is 3.02. The van der Waals surface area contributed by atoms with Gasteiger partial charge in [0.2, 0.25) is 0 Å². The molecule has 0 aliphatic carbocycles. The number of hydrogen-bond acceptors (Lipinski definition) is 5. The molecule has 2 amide bonds. The lowest BCUT2D eigenvalue weighted by molar-refractivity contribution is -0.149. The molecule has 0 bridgehead atoms. The van der Waals surface area contributed by atoms with E-state index < -0.39 is 23.2 Å². The molecule has 0 saturated carbocycles. The van der Waals surface area contributed by atoms with Crippen LogP contribution in [0.15, 0.2) is 42.5 Å². The zero-order valence-corrected chi connectivity index (χ0v) is 14.9. The Morgan fingerprint density at radius 2 is 1.85 bits per heavy atom. The zero-order chi connectivity index (χ0) is 18.8. The first kappa shape index (κ1) is 17.9. The molecule has 0 spiro atoms. The maximum absolute atomic E-state index is 12.4. The third kappa shape index (κ3) is 3.01. The molecule has 3 rings (SSSR count). The predicted molar refractivity (Wildman–Crippen MR) is 94.3 cm³/mol. The number of para-hydroxylation sites is 1. The normalized spacial score (nSPS) is 18.9. The van der Waals surface area contributed by atoms with Crippen LogP contribution in [-0.2, 0) is 4.79 Å². The number of nitrogens with one attached hydrogen (secondary N) is 1. The molecule has 2 aromatic carbocycles. The SMILES string of the molecule is COc1ccc([C@@H]2[C@@H](Cl)C(=O)N2NC(=O)c2ccccc2O)cc1OC. The van der Waals surface area contributed by atoms with E-state index in [1.165, 1.54) is 26.4 Å². The van der Waals surface area contributed by atoms with Crippen LogP contribution in [0.1, 0.15) is 22.0 Å². The number of halogens is 1. The van der Waals surface area contributed by atoms with E-state index in [-0.39, 0.29) is 11.3 Å². The minimum absolute atomic E-state index is 0.0596. The first-order valence-electron chi connectivity index (χ1n) is 7.76. The number of hydrazine groups is 1. The summed E-state index contributed by atoms with van der Waals surface area (Å²) in [5.41, 5.74) is 3.24. The number of carbonyl (C=O) groups excluding carboxylic acids is 2. The van der Waals surface area contributed by atoms with E-state index in [2.05, 4.69) is 5.43 Å². The fourth-order valence-electron chi connectivity index (χ4n) is 2.77. The van der Waals surface area contributed by atoms with Crippen molar-refractivity contribution in [1.82, 2.24) is 10.4 Å². The van der Waals surface area contributed by atoms with Gasteiger partial charge in [0.15, 0.2) is 11.5 Å². The molecule has 1 aliphatic heterocycles. The van der Waals surface area contributed by atoms with Crippen LogP contribution in [-0.4, -0.2) is 41.5 Å². The van der Waals surface area contributed by atoms with Crippen molar-refractivity contribution in [2.45, 2.75) is 11.4 Å². The van der Waals surface area contributed by atoms with Crippen LogP contribution in [0.4, 0.5) is 0 Å². The lowest BCUT2D eigenvalue weighted by atomic mass is 9.95. The highest BCUT2D eigenvalue weighted by Crippen LogP contribution is 2.40. The van der Waals surface area contributed by atoms with Gasteiger partial charge in [-0.3, -0.25) is 15.0 Å². The van der Waals surface area contributed by atoms with Gasteiger partial charge < -0.3 is 14.6 Å². The minimum Gasteiger partial charge on any atom is -0.507 e. The average molecular weight is 377 g/mol. The Morgan fingerprint density at radius 3 is 2.50 bits per heavy atom. The third-order valence-electron chi connectivity index (χ3n) is 4.15. The molecule has 136 valence electrons. The van der Waals surface area contributed by atoms with Crippen molar-refractivity contribution in [3.63, 3.8) is 0 Å². The number of aromatic hydroxyl groups is 1. The van der Waals surface area contributed by atoms with Crippen molar-refractivity contribution in [3.8, 4) is 17.2 Å². The van der Waals surface area contributed by atoms with Crippen molar-refractivity contribution < 1.29 is 24.2 Å². The molecule has 2 aromatic rings. The Bertz CT molecular complexity index is 857. The molecule has 1 heterocycles. The summed E-state index contributed by atoms with van der Waals surface area (Å²) in [6.45, 7) is 0. The van der Waals surface area contributed by atoms with Crippen LogP contribution in [0, 0.1) is 0 Å². The number of alkyl halides is 1. The fraction of sp³-hybridized carbons (Fsp3) is 0.222. The lowest BCUT2D eigenvalue weighted by Gasteiger charge is -2.44. The topological polar surface area (TPSA) is 88.1 Å². The molecule has 0 aromatic heterocycles. The molecule has 8 heteroatoms. The standard InChI is InChI=1S/C18H17ClN2O5/c1-25-13-8-7-10(9-14(13)26-2)16-15(19)18(24)21(16)20-17(23)11-5-3-4-6-12(11)22/h3-9,15-16,22H,1-2H3,(H,20,23)/t15-,16-/m1/s1. The number of phenols is 1. The number of benzene rings is 2. The van der Waals surface area contributed by atoms with Gasteiger partial charge in [-0.15, -0.1) is 11.6 Å². The minimum atomic E-state index is -0.822. The summed E-state index contributed by atoms with van der Waals surface area (Å²) < 4.78 is 10.5. The van der Waals surface area contributed by atoms with Crippen LogP contribution < -0.4 is 14.9 Å². The first-order chi connectivity index (χ1) is 12.5. The molecular formula is C18H17ClN2O5. The molecule has 0 unspecified atom stereocenters. The second-order valence-corrected chi connectivity index (χ2v) is 6.10. The number of phenolic OH excluding ortho intramolecular Hbond substituents is 1. The van der Waals surface area contributed by atoms with Crippen molar-refractivity contribution in [2.75, 3.05) is 14.2 Å². The van der Waals surface area contributed by atoms with Gasteiger partial charge in [-0.05, 0) is 29.8 Å². The molecule has 7 nitrogen and oxygen atoms in total. The maximum Gasteiger partial charge on any atom is 0.273 e. The summed E-state index contributed by atoms with van der Waals surface area (Å²) in [5, 5.41) is 10.1. The van der Waals surface area contributed by atoms with Crippen molar-refractivity contribution in [1.29, 1.82) is 0 Å². The van der Waals surface area contributed by atoms with E-state index in [1.807, 2.05) is 0 Å². The number of rotatable bonds is 5. The van der Waals surface area contributed by atoms with Gasteiger partial charge in [-0.1, -0.05) is 18.2 Å². The molecule has 0 radical (unpaired) electrons. The monoisotopic (exact) mass is 376 g/mol. The van der Waals surface area contributed by atoms with Gasteiger partial charge in [0, 0.05) is 0 Å². The first-order valence-corrected chi connectivity index (χ1v) is 8.19. The molecular weight excluding hydrogens is 360 g/mol. The Kier molecular flexibility index (Phi) is 4.90. The van der Waals surface area contributed by atoms with Crippen molar-refractivity contribution in [3.05, 3.63) is 53.6 Å². The second-order valence-electron chi connectivity index (χ2n) is 5.63. The molecule has 1 aliphatic rings. The summed E-state index contributed by atoms with van der Waals surface area (Å²) in [5.74, 6) is -0.193. The van der Waals surface area contributed by atoms with Gasteiger partial charge in [-0.2, -0.15) is 0 Å². The van der Waals surface area contributed by atoms with Crippen LogP contribution in [0.5, 0.6) is 17.2 Å². The smallest absolute Gasteiger partial charge is 0.273 e. The predicted octanol–water partition coefficient (Wildman–Crippen LogP) is 2.25. The van der Waals surface area contributed by atoms with E-state index in [0.717, 1.165) is 5.01 Å². The van der Waals surface area contributed by atoms with E-state index in [1.54, 1.807) is 30.3 Å². The highest BCUT2D eigenvalue weighted by molar-refractivity contribution is 6.33. The molecule has 1 fully saturated rings. The number of nitrogens with zero attached hydrogens (tertiary/aromatic N) is 1. The van der Waals surface area contributed by atoms with Gasteiger partial charge in [0.1, 0.15) is 17.2 Å². The quantitative estimate of drug-likeness (QED) is 0.617. The Morgan fingerprint density at radius 1 is 1.15 bits per heavy atom. The average Bonchev–Trinajstić information content (AvgIpc) is 2.67. The van der Waals surface area contributed by atoms with Crippen molar-refractivity contribution >= 4 is 23.4 Å².